The third-order valence-corrected chi connectivity index (χ3v) is 4.37. The second-order valence-corrected chi connectivity index (χ2v) is 6.07. The molecule has 0 aliphatic heterocycles. The van der Waals surface area contributed by atoms with E-state index in [1.807, 2.05) is 18.2 Å². The van der Waals surface area contributed by atoms with Crippen molar-refractivity contribution < 1.29 is 9.18 Å². The number of benzene rings is 2. The summed E-state index contributed by atoms with van der Waals surface area (Å²) in [7, 11) is 0. The van der Waals surface area contributed by atoms with Crippen molar-refractivity contribution in [3.05, 3.63) is 71.0 Å². The lowest BCUT2D eigenvalue weighted by atomic mass is 10.2. The van der Waals surface area contributed by atoms with E-state index in [0.29, 0.717) is 5.69 Å². The van der Waals surface area contributed by atoms with Crippen molar-refractivity contribution in [3.8, 4) is 0 Å². The molecule has 2 aromatic rings. The van der Waals surface area contributed by atoms with Crippen LogP contribution in [-0.2, 0) is 0 Å². The molecule has 2 aromatic carbocycles. The van der Waals surface area contributed by atoms with Gasteiger partial charge in [0.2, 0.25) is 0 Å². The highest BCUT2D eigenvalue weighted by Crippen LogP contribution is 2.28. The number of para-hydroxylation sites is 1. The standard InChI is InChI=1S/C16H13BrFNOS/c1-2-10-21-14-9-4-3-8-13(14)19-16(20)11-6-5-7-12(17)15(11)18/h2-9H,1,10H2,(H,19,20). The Morgan fingerprint density at radius 1 is 1.29 bits per heavy atom. The number of thioether (sulfide) groups is 1. The lowest BCUT2D eigenvalue weighted by Gasteiger charge is -2.11. The molecule has 0 saturated carbocycles. The third kappa shape index (κ3) is 3.95. The maximum Gasteiger partial charge on any atom is 0.258 e. The van der Waals surface area contributed by atoms with E-state index in [0.717, 1.165) is 10.6 Å². The van der Waals surface area contributed by atoms with Gasteiger partial charge < -0.3 is 5.32 Å². The Morgan fingerprint density at radius 3 is 2.81 bits per heavy atom. The molecule has 0 aliphatic carbocycles. The molecule has 108 valence electrons. The summed E-state index contributed by atoms with van der Waals surface area (Å²) < 4.78 is 14.2. The summed E-state index contributed by atoms with van der Waals surface area (Å²) in [5, 5.41) is 2.75. The summed E-state index contributed by atoms with van der Waals surface area (Å²) in [6, 6.07) is 12.0. The van der Waals surface area contributed by atoms with Crippen molar-refractivity contribution in [2.75, 3.05) is 11.1 Å². The predicted molar refractivity (Wildman–Crippen MR) is 89.4 cm³/mol. The molecule has 0 atom stereocenters. The number of hydrogen-bond acceptors (Lipinski definition) is 2. The average molecular weight is 366 g/mol. The summed E-state index contributed by atoms with van der Waals surface area (Å²) >= 11 is 4.63. The predicted octanol–water partition coefficient (Wildman–Crippen LogP) is 5.12. The molecule has 1 amide bonds. The molecule has 0 fully saturated rings. The fourth-order valence-electron chi connectivity index (χ4n) is 1.71. The normalized spacial score (nSPS) is 10.2. The van der Waals surface area contributed by atoms with Crippen LogP contribution in [0.25, 0.3) is 0 Å². The van der Waals surface area contributed by atoms with E-state index < -0.39 is 11.7 Å². The zero-order chi connectivity index (χ0) is 15.2. The van der Waals surface area contributed by atoms with Crippen LogP contribution in [0.15, 0.2) is 64.5 Å². The minimum absolute atomic E-state index is 0.00731. The molecule has 0 heterocycles. The first-order valence-electron chi connectivity index (χ1n) is 6.21. The van der Waals surface area contributed by atoms with Crippen molar-refractivity contribution in [2.24, 2.45) is 0 Å². The largest absolute Gasteiger partial charge is 0.321 e. The maximum absolute atomic E-state index is 13.9. The number of hydrogen-bond donors (Lipinski definition) is 1. The van der Waals surface area contributed by atoms with E-state index in [1.165, 1.54) is 6.07 Å². The molecule has 2 rings (SSSR count). The molecule has 0 saturated heterocycles. The molecule has 0 bridgehead atoms. The quantitative estimate of drug-likeness (QED) is 0.588. The molecular weight excluding hydrogens is 353 g/mol. The van der Waals surface area contributed by atoms with Gasteiger partial charge in [0.15, 0.2) is 0 Å². The molecule has 0 aliphatic rings. The Morgan fingerprint density at radius 2 is 2.05 bits per heavy atom. The van der Waals surface area contributed by atoms with Crippen LogP contribution in [-0.4, -0.2) is 11.7 Å². The van der Waals surface area contributed by atoms with E-state index in [9.17, 15) is 9.18 Å². The van der Waals surface area contributed by atoms with Gasteiger partial charge in [-0.25, -0.2) is 4.39 Å². The smallest absolute Gasteiger partial charge is 0.258 e. The number of carbonyl (C=O) groups excluding carboxylic acids is 1. The fraction of sp³-hybridized carbons (Fsp3) is 0.0625. The highest BCUT2D eigenvalue weighted by molar-refractivity contribution is 9.10. The van der Waals surface area contributed by atoms with E-state index in [2.05, 4.69) is 27.8 Å². The SMILES string of the molecule is C=CCSc1ccccc1NC(=O)c1cccc(Br)c1F. The van der Waals surface area contributed by atoms with E-state index >= 15 is 0 Å². The summed E-state index contributed by atoms with van der Waals surface area (Å²) in [6.07, 6.45) is 1.79. The van der Waals surface area contributed by atoms with Gasteiger partial charge in [0.05, 0.1) is 15.7 Å². The van der Waals surface area contributed by atoms with Crippen molar-refractivity contribution >= 4 is 39.3 Å². The van der Waals surface area contributed by atoms with E-state index in [-0.39, 0.29) is 10.0 Å². The van der Waals surface area contributed by atoms with Gasteiger partial charge in [-0.3, -0.25) is 4.79 Å². The van der Waals surface area contributed by atoms with Crippen LogP contribution in [0.5, 0.6) is 0 Å². The van der Waals surface area contributed by atoms with Crippen LogP contribution in [0.3, 0.4) is 0 Å². The fourth-order valence-corrected chi connectivity index (χ4v) is 2.83. The topological polar surface area (TPSA) is 29.1 Å². The first-order chi connectivity index (χ1) is 10.1. The number of nitrogens with one attached hydrogen (secondary N) is 1. The average Bonchev–Trinajstić information content (AvgIpc) is 2.49. The van der Waals surface area contributed by atoms with Crippen LogP contribution in [0.1, 0.15) is 10.4 Å². The Labute approximate surface area is 135 Å². The number of amides is 1. The molecule has 0 aromatic heterocycles. The van der Waals surface area contributed by atoms with Gasteiger partial charge in [-0.05, 0) is 40.2 Å². The molecular formula is C16H13BrFNOS. The molecule has 5 heteroatoms. The molecule has 21 heavy (non-hydrogen) atoms. The third-order valence-electron chi connectivity index (χ3n) is 2.69. The molecule has 0 unspecified atom stereocenters. The van der Waals surface area contributed by atoms with Crippen molar-refractivity contribution in [2.45, 2.75) is 4.90 Å². The molecule has 1 N–H and O–H groups in total. The first kappa shape index (κ1) is 15.8. The van der Waals surface area contributed by atoms with Gasteiger partial charge in [-0.2, -0.15) is 0 Å². The number of rotatable bonds is 5. The van der Waals surface area contributed by atoms with Gasteiger partial charge >= 0.3 is 0 Å². The monoisotopic (exact) mass is 365 g/mol. The van der Waals surface area contributed by atoms with Gasteiger partial charge in [0, 0.05) is 10.6 Å². The van der Waals surface area contributed by atoms with Gasteiger partial charge in [0.1, 0.15) is 5.82 Å². The van der Waals surface area contributed by atoms with Gasteiger partial charge in [-0.1, -0.05) is 24.3 Å². The number of carbonyl (C=O) groups is 1. The zero-order valence-electron chi connectivity index (χ0n) is 11.1. The van der Waals surface area contributed by atoms with Crippen LogP contribution in [0.4, 0.5) is 10.1 Å². The maximum atomic E-state index is 13.9. The van der Waals surface area contributed by atoms with Crippen LogP contribution in [0, 0.1) is 5.82 Å². The second-order valence-electron chi connectivity index (χ2n) is 4.15. The zero-order valence-corrected chi connectivity index (χ0v) is 13.5. The molecule has 2 nitrogen and oxygen atoms in total. The summed E-state index contributed by atoms with van der Waals surface area (Å²) in [5.41, 5.74) is 0.668. The molecule has 0 radical (unpaired) electrons. The first-order valence-corrected chi connectivity index (χ1v) is 7.99. The summed E-state index contributed by atoms with van der Waals surface area (Å²) in [4.78, 5) is 13.1. The lowest BCUT2D eigenvalue weighted by molar-refractivity contribution is 0.102. The minimum Gasteiger partial charge on any atom is -0.321 e. The number of halogens is 2. The van der Waals surface area contributed by atoms with Crippen molar-refractivity contribution in [1.82, 2.24) is 0 Å². The Kier molecular flexibility index (Phi) is 5.59. The summed E-state index contributed by atoms with van der Waals surface area (Å²) in [6.45, 7) is 3.67. The lowest BCUT2D eigenvalue weighted by Crippen LogP contribution is -2.14. The minimum atomic E-state index is -0.564. The number of anilines is 1. The van der Waals surface area contributed by atoms with Crippen molar-refractivity contribution in [1.29, 1.82) is 0 Å². The highest BCUT2D eigenvalue weighted by atomic mass is 79.9. The van der Waals surface area contributed by atoms with E-state index in [4.69, 9.17) is 0 Å². The summed E-state index contributed by atoms with van der Waals surface area (Å²) in [5.74, 6) is -0.301. The highest BCUT2D eigenvalue weighted by Gasteiger charge is 2.15. The molecule has 0 spiro atoms. The Balaban J connectivity index is 2.23. The van der Waals surface area contributed by atoms with Gasteiger partial charge in [-0.15, -0.1) is 18.3 Å². The van der Waals surface area contributed by atoms with Crippen LogP contribution < -0.4 is 5.32 Å². The van der Waals surface area contributed by atoms with Crippen LogP contribution >= 0.6 is 27.7 Å². The Bertz CT molecular complexity index is 675. The van der Waals surface area contributed by atoms with Crippen molar-refractivity contribution in [3.63, 3.8) is 0 Å². The second kappa shape index (κ2) is 7.43. The van der Waals surface area contributed by atoms with E-state index in [1.54, 1.807) is 36.0 Å². The van der Waals surface area contributed by atoms with Crippen LogP contribution in [0.2, 0.25) is 0 Å². The van der Waals surface area contributed by atoms with Gasteiger partial charge in [0.25, 0.3) is 5.91 Å². The Hall–Kier alpha value is -1.59.